The van der Waals surface area contributed by atoms with Crippen molar-refractivity contribution in [3.63, 3.8) is 0 Å². The highest BCUT2D eigenvalue weighted by molar-refractivity contribution is 7.16. The Balaban J connectivity index is 1.78. The van der Waals surface area contributed by atoms with Crippen molar-refractivity contribution < 1.29 is 0 Å². The van der Waals surface area contributed by atoms with Crippen molar-refractivity contribution in [3.05, 3.63) is 11.4 Å². The van der Waals surface area contributed by atoms with Gasteiger partial charge in [-0.2, -0.15) is 4.98 Å². The summed E-state index contributed by atoms with van der Waals surface area (Å²) in [7, 11) is 1.86. The first-order valence-corrected chi connectivity index (χ1v) is 8.10. The van der Waals surface area contributed by atoms with Gasteiger partial charge in [-0.3, -0.25) is 4.90 Å². The molecular formula is C14H21N5S. The van der Waals surface area contributed by atoms with Crippen molar-refractivity contribution in [1.82, 2.24) is 14.9 Å². The van der Waals surface area contributed by atoms with Gasteiger partial charge in [-0.1, -0.05) is 6.92 Å². The molecular weight excluding hydrogens is 270 g/mol. The SMILES string of the molecule is CCN1CCCC1CNc1nc(NC)nc2sccc12. The van der Waals surface area contributed by atoms with Gasteiger partial charge in [0.05, 0.1) is 5.39 Å². The maximum absolute atomic E-state index is 4.56. The average molecular weight is 291 g/mol. The summed E-state index contributed by atoms with van der Waals surface area (Å²) >= 11 is 1.65. The summed E-state index contributed by atoms with van der Waals surface area (Å²) in [5.74, 6) is 1.63. The van der Waals surface area contributed by atoms with Crippen molar-refractivity contribution in [2.24, 2.45) is 0 Å². The van der Waals surface area contributed by atoms with Crippen molar-refractivity contribution in [1.29, 1.82) is 0 Å². The smallest absolute Gasteiger partial charge is 0.225 e. The zero-order chi connectivity index (χ0) is 13.9. The third-order valence-electron chi connectivity index (χ3n) is 3.96. The van der Waals surface area contributed by atoms with Crippen LogP contribution in [0.15, 0.2) is 11.4 Å². The standard InChI is InChI=1S/C14H21N5S/c1-3-19-7-4-5-10(19)9-16-12-11-6-8-20-13(11)18-14(15-2)17-12/h6,8,10H,3-5,7,9H2,1-2H3,(H2,15,16,17,18). The zero-order valence-electron chi connectivity index (χ0n) is 12.0. The Kier molecular flexibility index (Phi) is 4.03. The van der Waals surface area contributed by atoms with E-state index in [4.69, 9.17) is 0 Å². The molecule has 0 aromatic carbocycles. The Labute approximate surface area is 123 Å². The first-order chi connectivity index (χ1) is 9.81. The molecule has 1 atom stereocenters. The molecule has 2 aromatic heterocycles. The Hall–Kier alpha value is -1.40. The normalized spacial score (nSPS) is 19.6. The van der Waals surface area contributed by atoms with E-state index in [-0.39, 0.29) is 0 Å². The van der Waals surface area contributed by atoms with E-state index in [0.29, 0.717) is 12.0 Å². The lowest BCUT2D eigenvalue weighted by Crippen LogP contribution is -2.34. The number of nitrogens with zero attached hydrogens (tertiary/aromatic N) is 3. The van der Waals surface area contributed by atoms with E-state index in [0.717, 1.165) is 29.1 Å². The summed E-state index contributed by atoms with van der Waals surface area (Å²) in [6, 6.07) is 2.72. The van der Waals surface area contributed by atoms with Gasteiger partial charge in [-0.15, -0.1) is 11.3 Å². The van der Waals surface area contributed by atoms with Gasteiger partial charge >= 0.3 is 0 Å². The molecule has 3 heterocycles. The van der Waals surface area contributed by atoms with E-state index < -0.39 is 0 Å². The lowest BCUT2D eigenvalue weighted by molar-refractivity contribution is 0.277. The predicted octanol–water partition coefficient (Wildman–Crippen LogP) is 2.63. The van der Waals surface area contributed by atoms with Gasteiger partial charge in [-0.25, -0.2) is 4.98 Å². The number of anilines is 2. The highest BCUT2D eigenvalue weighted by atomic mass is 32.1. The van der Waals surface area contributed by atoms with Gasteiger partial charge in [0.2, 0.25) is 5.95 Å². The van der Waals surface area contributed by atoms with Crippen LogP contribution < -0.4 is 10.6 Å². The predicted molar refractivity (Wildman–Crippen MR) is 85.7 cm³/mol. The summed E-state index contributed by atoms with van der Waals surface area (Å²) < 4.78 is 0. The van der Waals surface area contributed by atoms with Crippen LogP contribution in [0.1, 0.15) is 19.8 Å². The van der Waals surface area contributed by atoms with Gasteiger partial charge < -0.3 is 10.6 Å². The summed E-state index contributed by atoms with van der Waals surface area (Å²) in [4.78, 5) is 12.6. The minimum atomic E-state index is 0.627. The first kappa shape index (κ1) is 13.6. The minimum Gasteiger partial charge on any atom is -0.368 e. The third-order valence-corrected chi connectivity index (χ3v) is 4.77. The number of nitrogens with one attached hydrogen (secondary N) is 2. The van der Waals surface area contributed by atoms with Crippen LogP contribution in [0, 0.1) is 0 Å². The second kappa shape index (κ2) is 5.93. The number of fused-ring (bicyclic) bond motifs is 1. The highest BCUT2D eigenvalue weighted by Gasteiger charge is 2.23. The quantitative estimate of drug-likeness (QED) is 0.887. The fourth-order valence-corrected chi connectivity index (χ4v) is 3.62. The van der Waals surface area contributed by atoms with Crippen LogP contribution in [-0.4, -0.2) is 47.6 Å². The minimum absolute atomic E-state index is 0.627. The molecule has 3 rings (SSSR count). The van der Waals surface area contributed by atoms with Crippen molar-refractivity contribution in [2.75, 3.05) is 37.3 Å². The van der Waals surface area contributed by atoms with Crippen molar-refractivity contribution >= 4 is 33.3 Å². The molecule has 6 heteroatoms. The molecule has 0 amide bonds. The largest absolute Gasteiger partial charge is 0.368 e. The molecule has 1 aliphatic rings. The van der Waals surface area contributed by atoms with E-state index in [9.17, 15) is 0 Å². The molecule has 20 heavy (non-hydrogen) atoms. The number of likely N-dealkylation sites (tertiary alicyclic amines) is 1. The van der Waals surface area contributed by atoms with Crippen LogP contribution in [0.5, 0.6) is 0 Å². The Bertz CT molecular complexity index is 582. The molecule has 2 aromatic rings. The molecule has 1 saturated heterocycles. The lowest BCUT2D eigenvalue weighted by Gasteiger charge is -2.23. The zero-order valence-corrected chi connectivity index (χ0v) is 12.8. The number of hydrogen-bond acceptors (Lipinski definition) is 6. The van der Waals surface area contributed by atoms with E-state index in [1.807, 2.05) is 7.05 Å². The van der Waals surface area contributed by atoms with E-state index in [2.05, 4.69) is 43.9 Å². The number of likely N-dealkylation sites (N-methyl/N-ethyl adjacent to an activating group) is 1. The second-order valence-corrected chi connectivity index (χ2v) is 5.99. The Morgan fingerprint density at radius 2 is 2.35 bits per heavy atom. The fourth-order valence-electron chi connectivity index (χ4n) is 2.86. The molecule has 0 spiro atoms. The third kappa shape index (κ3) is 2.58. The van der Waals surface area contributed by atoms with E-state index in [1.54, 1.807) is 11.3 Å². The Morgan fingerprint density at radius 1 is 1.45 bits per heavy atom. The molecule has 0 radical (unpaired) electrons. The lowest BCUT2D eigenvalue weighted by atomic mass is 10.2. The van der Waals surface area contributed by atoms with Crippen LogP contribution in [0.3, 0.4) is 0 Å². The van der Waals surface area contributed by atoms with Gasteiger partial charge in [0.15, 0.2) is 0 Å². The van der Waals surface area contributed by atoms with E-state index in [1.165, 1.54) is 19.4 Å². The first-order valence-electron chi connectivity index (χ1n) is 7.22. The maximum atomic E-state index is 4.56. The molecule has 1 fully saturated rings. The molecule has 108 valence electrons. The number of rotatable bonds is 5. The fraction of sp³-hybridized carbons (Fsp3) is 0.571. The monoisotopic (exact) mass is 291 g/mol. The Morgan fingerprint density at radius 3 is 3.15 bits per heavy atom. The number of thiophene rings is 1. The van der Waals surface area contributed by atoms with Crippen LogP contribution in [0.25, 0.3) is 10.2 Å². The van der Waals surface area contributed by atoms with E-state index >= 15 is 0 Å². The maximum Gasteiger partial charge on any atom is 0.225 e. The van der Waals surface area contributed by atoms with Gasteiger partial charge in [0, 0.05) is 19.6 Å². The summed E-state index contributed by atoms with van der Waals surface area (Å²) in [5, 5.41) is 9.75. The average Bonchev–Trinajstić information content (AvgIpc) is 3.12. The molecule has 0 aliphatic carbocycles. The second-order valence-electron chi connectivity index (χ2n) is 5.09. The van der Waals surface area contributed by atoms with Crippen LogP contribution in [0.2, 0.25) is 0 Å². The van der Waals surface area contributed by atoms with Crippen molar-refractivity contribution in [3.8, 4) is 0 Å². The van der Waals surface area contributed by atoms with Crippen LogP contribution in [0.4, 0.5) is 11.8 Å². The molecule has 2 N–H and O–H groups in total. The topological polar surface area (TPSA) is 53.1 Å². The summed E-state index contributed by atoms with van der Waals surface area (Å²) in [6.07, 6.45) is 2.58. The molecule has 0 saturated carbocycles. The highest BCUT2D eigenvalue weighted by Crippen LogP contribution is 2.27. The summed E-state index contributed by atoms with van der Waals surface area (Å²) in [6.45, 7) is 5.55. The molecule has 1 aliphatic heterocycles. The van der Waals surface area contributed by atoms with Crippen LogP contribution in [-0.2, 0) is 0 Å². The summed E-state index contributed by atoms with van der Waals surface area (Å²) in [5.41, 5.74) is 0. The molecule has 5 nitrogen and oxygen atoms in total. The van der Waals surface area contributed by atoms with Gasteiger partial charge in [-0.05, 0) is 37.4 Å². The molecule has 1 unspecified atom stereocenters. The van der Waals surface area contributed by atoms with Crippen LogP contribution >= 0.6 is 11.3 Å². The number of aromatic nitrogens is 2. The van der Waals surface area contributed by atoms with Gasteiger partial charge in [0.1, 0.15) is 10.6 Å². The van der Waals surface area contributed by atoms with Gasteiger partial charge in [0.25, 0.3) is 0 Å². The van der Waals surface area contributed by atoms with Crippen molar-refractivity contribution in [2.45, 2.75) is 25.8 Å². The molecule has 0 bridgehead atoms. The number of hydrogen-bond donors (Lipinski definition) is 2.